The average molecular weight is 153 g/mol. The van der Waals surface area contributed by atoms with Gasteiger partial charge in [0.2, 0.25) is 0 Å². The molecule has 0 spiro atoms. The Bertz CT molecular complexity index is 240. The topological polar surface area (TPSA) is 75.1 Å². The second-order valence-electron chi connectivity index (χ2n) is 2.10. The number of carbonyl (C=O) groups excluding carboxylic acids is 1. The molecule has 1 heterocycles. The van der Waals surface area contributed by atoms with Crippen LogP contribution in [0.5, 0.6) is 0 Å². The van der Waals surface area contributed by atoms with E-state index >= 15 is 0 Å². The Morgan fingerprint density at radius 1 is 1.73 bits per heavy atom. The number of cyclic esters (lactones) is 1. The van der Waals surface area contributed by atoms with Crippen LogP contribution in [0.1, 0.15) is 12.8 Å². The summed E-state index contributed by atoms with van der Waals surface area (Å²) in [5.41, 5.74) is 8.40. The second-order valence-corrected chi connectivity index (χ2v) is 2.10. The van der Waals surface area contributed by atoms with Crippen molar-refractivity contribution in [3.63, 3.8) is 0 Å². The molecule has 11 heavy (non-hydrogen) atoms. The van der Waals surface area contributed by atoms with Gasteiger partial charge >= 0.3 is 5.97 Å². The minimum absolute atomic E-state index is 0.372. The van der Waals surface area contributed by atoms with Crippen LogP contribution in [-0.2, 0) is 9.53 Å². The lowest BCUT2D eigenvalue weighted by molar-refractivity contribution is -0.141. The third-order valence-electron chi connectivity index (χ3n) is 1.35. The van der Waals surface area contributed by atoms with Gasteiger partial charge in [-0.05, 0) is 18.4 Å². The van der Waals surface area contributed by atoms with Gasteiger partial charge in [0.15, 0.2) is 0 Å². The van der Waals surface area contributed by atoms with E-state index in [0.717, 1.165) is 6.42 Å². The highest BCUT2D eigenvalue weighted by Crippen LogP contribution is 2.13. The number of nitrogens with zero attached hydrogens (tertiary/aromatic N) is 3. The summed E-state index contributed by atoms with van der Waals surface area (Å²) in [6, 6.07) is 0. The van der Waals surface area contributed by atoms with Crippen LogP contribution in [0.15, 0.2) is 16.9 Å². The summed E-state index contributed by atoms with van der Waals surface area (Å²) in [6.45, 7) is 0.465. The van der Waals surface area contributed by atoms with E-state index in [1.807, 2.05) is 0 Å². The molecule has 0 aromatic heterocycles. The molecule has 0 bridgehead atoms. The molecule has 0 atom stereocenters. The predicted octanol–water partition coefficient (Wildman–Crippen LogP) is 1.52. The van der Waals surface area contributed by atoms with E-state index < -0.39 is 0 Å². The number of carbonyl (C=O) groups is 1. The smallest absolute Gasteiger partial charge is 0.333 e. The van der Waals surface area contributed by atoms with Gasteiger partial charge in [-0.15, -0.1) is 0 Å². The maximum Gasteiger partial charge on any atom is 0.333 e. The first-order chi connectivity index (χ1) is 5.34. The van der Waals surface area contributed by atoms with Gasteiger partial charge in [0.05, 0.1) is 6.61 Å². The highest BCUT2D eigenvalue weighted by Gasteiger charge is 2.14. The van der Waals surface area contributed by atoms with E-state index in [1.165, 1.54) is 6.20 Å². The van der Waals surface area contributed by atoms with Crippen molar-refractivity contribution in [2.45, 2.75) is 12.8 Å². The van der Waals surface area contributed by atoms with Gasteiger partial charge in [-0.1, -0.05) is 5.11 Å². The van der Waals surface area contributed by atoms with E-state index in [9.17, 15) is 4.79 Å². The number of ether oxygens (including phenoxy) is 1. The summed E-state index contributed by atoms with van der Waals surface area (Å²) in [5.74, 6) is -0.372. The number of esters is 1. The molecule has 0 amide bonds. The largest absolute Gasteiger partial charge is 0.462 e. The molecule has 1 saturated heterocycles. The zero-order chi connectivity index (χ0) is 8.10. The van der Waals surface area contributed by atoms with Crippen LogP contribution >= 0.6 is 0 Å². The van der Waals surface area contributed by atoms with Crippen molar-refractivity contribution in [3.8, 4) is 0 Å². The van der Waals surface area contributed by atoms with Gasteiger partial charge < -0.3 is 4.74 Å². The lowest BCUT2D eigenvalue weighted by atomic mass is 10.1. The predicted molar refractivity (Wildman–Crippen MR) is 37.4 cm³/mol. The molecule has 0 aliphatic carbocycles. The lowest BCUT2D eigenvalue weighted by Crippen LogP contribution is -2.14. The summed E-state index contributed by atoms with van der Waals surface area (Å²) < 4.78 is 4.70. The summed E-state index contributed by atoms with van der Waals surface area (Å²) in [7, 11) is 0. The molecule has 0 aromatic carbocycles. The van der Waals surface area contributed by atoms with E-state index in [2.05, 4.69) is 10.0 Å². The maximum atomic E-state index is 10.8. The van der Waals surface area contributed by atoms with Gasteiger partial charge in [0.1, 0.15) is 0 Å². The number of azide groups is 1. The fourth-order valence-corrected chi connectivity index (χ4v) is 0.835. The third-order valence-corrected chi connectivity index (χ3v) is 1.35. The van der Waals surface area contributed by atoms with Crippen LogP contribution in [0.25, 0.3) is 10.4 Å². The average Bonchev–Trinajstić information content (AvgIpc) is 2.03. The normalized spacial score (nSPS) is 20.7. The van der Waals surface area contributed by atoms with Crippen molar-refractivity contribution in [1.29, 1.82) is 0 Å². The number of hydrogen-bond donors (Lipinski definition) is 0. The Morgan fingerprint density at radius 3 is 3.18 bits per heavy atom. The van der Waals surface area contributed by atoms with Crippen LogP contribution in [0.3, 0.4) is 0 Å². The van der Waals surface area contributed by atoms with Crippen molar-refractivity contribution in [2.75, 3.05) is 6.61 Å². The quantitative estimate of drug-likeness (QED) is 0.188. The van der Waals surface area contributed by atoms with Gasteiger partial charge in [0, 0.05) is 16.7 Å². The van der Waals surface area contributed by atoms with Gasteiger partial charge in [-0.3, -0.25) is 0 Å². The fraction of sp³-hybridized carbons (Fsp3) is 0.500. The molecule has 1 aliphatic heterocycles. The SMILES string of the molecule is [N-]=[N+]=N/C=C1\CCCOC1=O. The molecule has 0 N–H and O–H groups in total. The highest BCUT2D eigenvalue weighted by molar-refractivity contribution is 5.88. The molecule has 58 valence electrons. The summed E-state index contributed by atoms with van der Waals surface area (Å²) in [4.78, 5) is 13.3. The molecule has 5 nitrogen and oxygen atoms in total. The maximum absolute atomic E-state index is 10.8. The van der Waals surface area contributed by atoms with Crippen LogP contribution in [-0.4, -0.2) is 12.6 Å². The molecule has 0 unspecified atom stereocenters. The number of hydrogen-bond acceptors (Lipinski definition) is 3. The Morgan fingerprint density at radius 2 is 2.55 bits per heavy atom. The fourth-order valence-electron chi connectivity index (χ4n) is 0.835. The summed E-state index contributed by atoms with van der Waals surface area (Å²) in [6.07, 6.45) is 2.65. The molecule has 0 aromatic rings. The van der Waals surface area contributed by atoms with Gasteiger partial charge in [-0.2, -0.15) is 0 Å². The molecule has 5 heteroatoms. The molecular formula is C6H7N3O2. The van der Waals surface area contributed by atoms with Crippen LogP contribution in [0.4, 0.5) is 0 Å². The van der Waals surface area contributed by atoms with Crippen molar-refractivity contribution < 1.29 is 9.53 Å². The zero-order valence-electron chi connectivity index (χ0n) is 5.86. The van der Waals surface area contributed by atoms with Crippen molar-refractivity contribution in [1.82, 2.24) is 0 Å². The molecule has 0 saturated carbocycles. The van der Waals surface area contributed by atoms with Crippen LogP contribution in [0, 0.1) is 0 Å². The van der Waals surface area contributed by atoms with Crippen LogP contribution < -0.4 is 0 Å². The Balaban J connectivity index is 2.68. The highest BCUT2D eigenvalue weighted by atomic mass is 16.5. The van der Waals surface area contributed by atoms with Crippen molar-refractivity contribution >= 4 is 5.97 Å². The summed E-state index contributed by atoms with van der Waals surface area (Å²) in [5, 5.41) is 3.16. The first-order valence-corrected chi connectivity index (χ1v) is 3.25. The lowest BCUT2D eigenvalue weighted by Gasteiger charge is -2.12. The first kappa shape index (κ1) is 7.63. The molecule has 1 aliphatic rings. The van der Waals surface area contributed by atoms with E-state index in [0.29, 0.717) is 18.6 Å². The van der Waals surface area contributed by atoms with Gasteiger partial charge in [-0.25, -0.2) is 4.79 Å². The minimum atomic E-state index is -0.372. The van der Waals surface area contributed by atoms with Crippen molar-refractivity contribution in [2.24, 2.45) is 5.11 Å². The van der Waals surface area contributed by atoms with E-state index in [-0.39, 0.29) is 5.97 Å². The van der Waals surface area contributed by atoms with E-state index in [4.69, 9.17) is 10.3 Å². The summed E-state index contributed by atoms with van der Waals surface area (Å²) >= 11 is 0. The van der Waals surface area contributed by atoms with Crippen LogP contribution in [0.2, 0.25) is 0 Å². The Labute approximate surface area is 63.3 Å². The zero-order valence-corrected chi connectivity index (χ0v) is 5.86. The molecule has 1 rings (SSSR count). The Hall–Kier alpha value is -1.48. The Kier molecular flexibility index (Phi) is 2.52. The first-order valence-electron chi connectivity index (χ1n) is 3.25. The molecular weight excluding hydrogens is 146 g/mol. The molecule has 0 radical (unpaired) electrons. The third kappa shape index (κ3) is 1.98. The van der Waals surface area contributed by atoms with E-state index in [1.54, 1.807) is 0 Å². The van der Waals surface area contributed by atoms with Crippen molar-refractivity contribution in [3.05, 3.63) is 22.2 Å². The number of rotatable bonds is 1. The van der Waals surface area contributed by atoms with Gasteiger partial charge in [0.25, 0.3) is 0 Å². The minimum Gasteiger partial charge on any atom is -0.462 e. The molecule has 1 fully saturated rings. The second kappa shape index (κ2) is 3.63. The standard InChI is InChI=1S/C6H7N3O2/c7-9-8-4-5-2-1-3-11-6(5)10/h4H,1-3H2/b5-4+. The monoisotopic (exact) mass is 153 g/mol.